The van der Waals surface area contributed by atoms with Crippen molar-refractivity contribution < 1.29 is 9.59 Å². The van der Waals surface area contributed by atoms with Gasteiger partial charge in [-0.25, -0.2) is 0 Å². The third kappa shape index (κ3) is 2.19. The maximum absolute atomic E-state index is 12.0. The molecular formula is C11H14N4O2S. The summed E-state index contributed by atoms with van der Waals surface area (Å²) in [5.41, 5.74) is 7.16. The van der Waals surface area contributed by atoms with E-state index in [2.05, 4.69) is 5.10 Å². The van der Waals surface area contributed by atoms with E-state index in [1.807, 2.05) is 14.0 Å². The molecule has 1 aromatic rings. The smallest absolute Gasteiger partial charge is 0.293 e. The summed E-state index contributed by atoms with van der Waals surface area (Å²) in [6, 6.07) is 0. The molecule has 2 rings (SSSR count). The van der Waals surface area contributed by atoms with Crippen molar-refractivity contribution in [3.8, 4) is 0 Å². The molecule has 0 radical (unpaired) electrons. The molecule has 0 spiro atoms. The zero-order valence-corrected chi connectivity index (χ0v) is 11.0. The van der Waals surface area contributed by atoms with Crippen molar-refractivity contribution in [1.29, 1.82) is 0 Å². The van der Waals surface area contributed by atoms with Gasteiger partial charge < -0.3 is 5.73 Å². The predicted molar refractivity (Wildman–Crippen MR) is 69.7 cm³/mol. The molecule has 1 aromatic heterocycles. The number of aryl methyl sites for hydroxylation is 1. The first-order valence-corrected chi connectivity index (χ1v) is 6.30. The molecule has 0 aromatic carbocycles. The van der Waals surface area contributed by atoms with Crippen LogP contribution in [-0.2, 0) is 11.8 Å². The fourth-order valence-electron chi connectivity index (χ4n) is 1.62. The SMILES string of the molecule is Cc1c(C=C2SC(=O)N(CCN)C2=O)cnn1C. The van der Waals surface area contributed by atoms with Crippen molar-refractivity contribution in [3.05, 3.63) is 22.4 Å². The highest BCUT2D eigenvalue weighted by atomic mass is 32.2. The molecule has 0 unspecified atom stereocenters. The quantitative estimate of drug-likeness (QED) is 0.815. The molecule has 1 saturated heterocycles. The Balaban J connectivity index is 2.28. The number of carbonyl (C=O) groups is 2. The van der Waals surface area contributed by atoms with Crippen LogP contribution in [-0.4, -0.2) is 38.9 Å². The van der Waals surface area contributed by atoms with Gasteiger partial charge in [0.25, 0.3) is 11.1 Å². The molecule has 96 valence electrons. The molecule has 0 aliphatic carbocycles. The summed E-state index contributed by atoms with van der Waals surface area (Å²) >= 11 is 0.940. The van der Waals surface area contributed by atoms with Crippen molar-refractivity contribution in [2.24, 2.45) is 12.8 Å². The predicted octanol–water partition coefficient (Wildman–Crippen LogP) is 0.724. The summed E-state index contributed by atoms with van der Waals surface area (Å²) in [5.74, 6) is -0.279. The van der Waals surface area contributed by atoms with Gasteiger partial charge in [0.05, 0.1) is 11.1 Å². The van der Waals surface area contributed by atoms with Crippen LogP contribution in [0.15, 0.2) is 11.1 Å². The van der Waals surface area contributed by atoms with Gasteiger partial charge in [0.15, 0.2) is 0 Å². The first-order chi connectivity index (χ1) is 8.54. The average molecular weight is 266 g/mol. The number of thioether (sulfide) groups is 1. The molecule has 2 amide bonds. The minimum absolute atomic E-state index is 0.258. The topological polar surface area (TPSA) is 81.2 Å². The van der Waals surface area contributed by atoms with E-state index >= 15 is 0 Å². The van der Waals surface area contributed by atoms with Gasteiger partial charge in [-0.15, -0.1) is 0 Å². The molecule has 0 atom stereocenters. The molecule has 6 nitrogen and oxygen atoms in total. The van der Waals surface area contributed by atoms with Crippen LogP contribution in [0.3, 0.4) is 0 Å². The fourth-order valence-corrected chi connectivity index (χ4v) is 2.48. The molecule has 1 aliphatic heterocycles. The Bertz CT molecular complexity index is 535. The Morgan fingerprint density at radius 3 is 2.78 bits per heavy atom. The highest BCUT2D eigenvalue weighted by Gasteiger charge is 2.34. The molecule has 1 fully saturated rings. The average Bonchev–Trinajstić information content (AvgIpc) is 2.78. The van der Waals surface area contributed by atoms with Crippen LogP contribution >= 0.6 is 11.8 Å². The summed E-state index contributed by atoms with van der Waals surface area (Å²) in [5, 5.41) is 3.83. The van der Waals surface area contributed by atoms with E-state index < -0.39 is 0 Å². The van der Waals surface area contributed by atoms with Crippen LogP contribution in [0.25, 0.3) is 6.08 Å². The number of nitrogens with zero attached hydrogens (tertiary/aromatic N) is 3. The maximum atomic E-state index is 12.0. The number of aromatic nitrogens is 2. The minimum Gasteiger partial charge on any atom is -0.329 e. The van der Waals surface area contributed by atoms with Crippen LogP contribution in [0.2, 0.25) is 0 Å². The van der Waals surface area contributed by atoms with E-state index in [-0.39, 0.29) is 24.2 Å². The number of hydrogen-bond donors (Lipinski definition) is 1. The van der Waals surface area contributed by atoms with Gasteiger partial charge in [-0.2, -0.15) is 5.10 Å². The standard InChI is InChI=1S/C11H14N4O2S/c1-7-8(6-13-14(7)2)5-9-10(16)15(4-3-12)11(17)18-9/h5-6H,3-4,12H2,1-2H3. The number of amides is 2. The molecular weight excluding hydrogens is 252 g/mol. The van der Waals surface area contributed by atoms with Gasteiger partial charge in [-0.05, 0) is 24.8 Å². The van der Waals surface area contributed by atoms with Gasteiger partial charge in [0.1, 0.15) is 0 Å². The van der Waals surface area contributed by atoms with E-state index in [0.29, 0.717) is 4.91 Å². The summed E-state index contributed by atoms with van der Waals surface area (Å²) in [7, 11) is 1.83. The number of hydrogen-bond acceptors (Lipinski definition) is 5. The van der Waals surface area contributed by atoms with Gasteiger partial charge in [0, 0.05) is 31.4 Å². The maximum Gasteiger partial charge on any atom is 0.293 e. The molecule has 2 N–H and O–H groups in total. The second kappa shape index (κ2) is 4.95. The third-order valence-electron chi connectivity index (χ3n) is 2.79. The number of nitrogens with two attached hydrogens (primary N) is 1. The van der Waals surface area contributed by atoms with Crippen molar-refractivity contribution in [2.75, 3.05) is 13.1 Å². The van der Waals surface area contributed by atoms with Crippen molar-refractivity contribution in [2.45, 2.75) is 6.92 Å². The highest BCUT2D eigenvalue weighted by Crippen LogP contribution is 2.32. The van der Waals surface area contributed by atoms with Crippen molar-refractivity contribution in [1.82, 2.24) is 14.7 Å². The fraction of sp³-hybridized carbons (Fsp3) is 0.364. The lowest BCUT2D eigenvalue weighted by atomic mass is 10.2. The van der Waals surface area contributed by atoms with E-state index in [1.54, 1.807) is 17.0 Å². The zero-order chi connectivity index (χ0) is 13.3. The molecule has 7 heteroatoms. The minimum atomic E-state index is -0.279. The van der Waals surface area contributed by atoms with Crippen LogP contribution in [0, 0.1) is 6.92 Å². The van der Waals surface area contributed by atoms with Crippen LogP contribution in [0.1, 0.15) is 11.3 Å². The number of rotatable bonds is 3. The highest BCUT2D eigenvalue weighted by molar-refractivity contribution is 8.18. The lowest BCUT2D eigenvalue weighted by molar-refractivity contribution is -0.122. The number of imide groups is 1. The molecule has 1 aliphatic rings. The molecule has 18 heavy (non-hydrogen) atoms. The Labute approximate surface area is 109 Å². The zero-order valence-electron chi connectivity index (χ0n) is 10.2. The lowest BCUT2D eigenvalue weighted by Crippen LogP contribution is -2.33. The number of carbonyl (C=O) groups excluding carboxylic acids is 2. The van der Waals surface area contributed by atoms with Gasteiger partial charge in [-0.3, -0.25) is 19.2 Å². The molecule has 0 saturated carbocycles. The van der Waals surface area contributed by atoms with E-state index in [4.69, 9.17) is 5.73 Å². The van der Waals surface area contributed by atoms with Crippen LogP contribution < -0.4 is 5.73 Å². The second-order valence-electron chi connectivity index (χ2n) is 3.93. The Morgan fingerprint density at radius 2 is 2.22 bits per heavy atom. The monoisotopic (exact) mass is 266 g/mol. The van der Waals surface area contributed by atoms with Gasteiger partial charge in [-0.1, -0.05) is 0 Å². The normalized spacial score (nSPS) is 18.2. The van der Waals surface area contributed by atoms with Crippen LogP contribution in [0.4, 0.5) is 4.79 Å². The molecule has 2 heterocycles. The van der Waals surface area contributed by atoms with Crippen molar-refractivity contribution in [3.63, 3.8) is 0 Å². The Kier molecular flexibility index (Phi) is 3.53. The molecule has 0 bridgehead atoms. The Morgan fingerprint density at radius 1 is 1.50 bits per heavy atom. The summed E-state index contributed by atoms with van der Waals surface area (Å²) in [6.07, 6.45) is 3.37. The Hall–Kier alpha value is -1.60. The second-order valence-corrected chi connectivity index (χ2v) is 4.92. The lowest BCUT2D eigenvalue weighted by Gasteiger charge is -2.09. The summed E-state index contributed by atoms with van der Waals surface area (Å²) < 4.78 is 1.72. The van der Waals surface area contributed by atoms with Gasteiger partial charge in [0.2, 0.25) is 0 Å². The first kappa shape index (κ1) is 12.8. The van der Waals surface area contributed by atoms with Gasteiger partial charge >= 0.3 is 0 Å². The summed E-state index contributed by atoms with van der Waals surface area (Å²) in [6.45, 7) is 2.44. The van der Waals surface area contributed by atoms with E-state index in [9.17, 15) is 9.59 Å². The van der Waals surface area contributed by atoms with Crippen LogP contribution in [0.5, 0.6) is 0 Å². The van der Waals surface area contributed by atoms with E-state index in [1.165, 1.54) is 4.90 Å². The van der Waals surface area contributed by atoms with E-state index in [0.717, 1.165) is 23.0 Å². The first-order valence-electron chi connectivity index (χ1n) is 5.48. The van der Waals surface area contributed by atoms with Crippen molar-refractivity contribution >= 4 is 29.0 Å². The summed E-state index contributed by atoms with van der Waals surface area (Å²) in [4.78, 5) is 25.2. The largest absolute Gasteiger partial charge is 0.329 e. The third-order valence-corrected chi connectivity index (χ3v) is 3.69.